The molecule has 2 N–H and O–H groups in total. The van der Waals surface area contributed by atoms with Crippen LogP contribution in [-0.2, 0) is 6.54 Å². The van der Waals surface area contributed by atoms with Gasteiger partial charge in [0.15, 0.2) is 0 Å². The van der Waals surface area contributed by atoms with Gasteiger partial charge in [0.1, 0.15) is 0 Å². The van der Waals surface area contributed by atoms with Crippen LogP contribution >= 0.6 is 27.3 Å². The Morgan fingerprint density at radius 1 is 1.56 bits per heavy atom. The summed E-state index contributed by atoms with van der Waals surface area (Å²) in [6, 6.07) is 3.60. The van der Waals surface area contributed by atoms with Crippen LogP contribution in [0.5, 0.6) is 0 Å². The Kier molecular flexibility index (Phi) is 4.41. The van der Waals surface area contributed by atoms with Crippen molar-refractivity contribution in [2.75, 3.05) is 6.54 Å². The summed E-state index contributed by atoms with van der Waals surface area (Å²) in [5.41, 5.74) is 1.34. The molecule has 1 aromatic rings. The van der Waals surface area contributed by atoms with Crippen molar-refractivity contribution >= 4 is 27.3 Å². The molecule has 0 amide bonds. The van der Waals surface area contributed by atoms with E-state index in [-0.39, 0.29) is 0 Å². The third-order valence-corrected chi connectivity index (χ3v) is 4.96. The van der Waals surface area contributed by atoms with Crippen molar-refractivity contribution in [3.05, 3.63) is 20.3 Å². The molecule has 1 unspecified atom stereocenters. The normalized spacial score (nSPS) is 17.7. The number of hydrogen-bond donors (Lipinski definition) is 2. The van der Waals surface area contributed by atoms with Gasteiger partial charge in [0.05, 0.1) is 3.79 Å². The standard InChI is InChI=1S/C12H19BrN2S/c1-8-5-11(16-12(8)13)7-14-9(2)6-15-10-3-4-10/h5,9-10,14-15H,3-4,6-7H2,1-2H3. The molecule has 1 aliphatic carbocycles. The van der Waals surface area contributed by atoms with Gasteiger partial charge in [-0.1, -0.05) is 0 Å². The van der Waals surface area contributed by atoms with Gasteiger partial charge in [-0.3, -0.25) is 0 Å². The maximum atomic E-state index is 3.56. The molecule has 1 aliphatic rings. The predicted octanol–water partition coefficient (Wildman–Crippen LogP) is 3.05. The summed E-state index contributed by atoms with van der Waals surface area (Å²) < 4.78 is 1.26. The highest BCUT2D eigenvalue weighted by Gasteiger charge is 2.20. The third kappa shape index (κ3) is 3.84. The predicted molar refractivity (Wildman–Crippen MR) is 74.1 cm³/mol. The van der Waals surface area contributed by atoms with E-state index in [1.54, 1.807) is 0 Å². The SMILES string of the molecule is Cc1cc(CNC(C)CNC2CC2)sc1Br. The van der Waals surface area contributed by atoms with Crippen molar-refractivity contribution in [2.24, 2.45) is 0 Å². The smallest absolute Gasteiger partial charge is 0.0730 e. The number of halogens is 1. The first-order valence-corrected chi connectivity index (χ1v) is 7.47. The molecule has 90 valence electrons. The first-order valence-electron chi connectivity index (χ1n) is 5.86. The zero-order valence-corrected chi connectivity index (χ0v) is 12.2. The largest absolute Gasteiger partial charge is 0.312 e. The van der Waals surface area contributed by atoms with Gasteiger partial charge in [-0.05, 0) is 54.2 Å². The quantitative estimate of drug-likeness (QED) is 0.844. The first kappa shape index (κ1) is 12.6. The second kappa shape index (κ2) is 5.63. The maximum Gasteiger partial charge on any atom is 0.0730 e. The lowest BCUT2D eigenvalue weighted by Gasteiger charge is -2.13. The Labute approximate surface area is 110 Å². The monoisotopic (exact) mass is 302 g/mol. The molecule has 2 rings (SSSR count). The highest BCUT2D eigenvalue weighted by molar-refractivity contribution is 9.11. The molecular formula is C12H19BrN2S. The summed E-state index contributed by atoms with van der Waals surface area (Å²) in [5.74, 6) is 0. The van der Waals surface area contributed by atoms with E-state index in [9.17, 15) is 0 Å². The van der Waals surface area contributed by atoms with E-state index in [4.69, 9.17) is 0 Å². The van der Waals surface area contributed by atoms with Crippen LogP contribution < -0.4 is 10.6 Å². The Morgan fingerprint density at radius 2 is 2.31 bits per heavy atom. The van der Waals surface area contributed by atoms with E-state index in [1.807, 2.05) is 11.3 Å². The summed E-state index contributed by atoms with van der Waals surface area (Å²) in [7, 11) is 0. The van der Waals surface area contributed by atoms with Crippen LogP contribution in [0.25, 0.3) is 0 Å². The summed E-state index contributed by atoms with van der Waals surface area (Å²) in [6.07, 6.45) is 2.73. The molecule has 2 nitrogen and oxygen atoms in total. The van der Waals surface area contributed by atoms with Crippen LogP contribution in [0, 0.1) is 6.92 Å². The van der Waals surface area contributed by atoms with Crippen molar-refractivity contribution in [2.45, 2.75) is 45.3 Å². The van der Waals surface area contributed by atoms with Crippen LogP contribution in [0.1, 0.15) is 30.2 Å². The number of hydrogen-bond acceptors (Lipinski definition) is 3. The number of nitrogens with one attached hydrogen (secondary N) is 2. The Balaban J connectivity index is 1.68. The van der Waals surface area contributed by atoms with Crippen LogP contribution in [0.15, 0.2) is 9.85 Å². The zero-order valence-electron chi connectivity index (χ0n) is 9.85. The van der Waals surface area contributed by atoms with Gasteiger partial charge >= 0.3 is 0 Å². The molecular weight excluding hydrogens is 284 g/mol. The Hall–Kier alpha value is 0.100. The topological polar surface area (TPSA) is 24.1 Å². The first-order chi connectivity index (χ1) is 7.65. The van der Waals surface area contributed by atoms with Crippen molar-refractivity contribution in [1.82, 2.24) is 10.6 Å². The van der Waals surface area contributed by atoms with Gasteiger partial charge in [-0.15, -0.1) is 11.3 Å². The van der Waals surface area contributed by atoms with E-state index >= 15 is 0 Å². The molecule has 0 radical (unpaired) electrons. The molecule has 0 aliphatic heterocycles. The minimum Gasteiger partial charge on any atom is -0.312 e. The van der Waals surface area contributed by atoms with E-state index in [0.29, 0.717) is 6.04 Å². The van der Waals surface area contributed by atoms with Gasteiger partial charge < -0.3 is 10.6 Å². The highest BCUT2D eigenvalue weighted by Crippen LogP contribution is 2.27. The fourth-order valence-electron chi connectivity index (χ4n) is 1.59. The molecule has 0 spiro atoms. The minimum atomic E-state index is 0.543. The van der Waals surface area contributed by atoms with Gasteiger partial charge in [0.25, 0.3) is 0 Å². The number of rotatable bonds is 6. The van der Waals surface area contributed by atoms with Crippen LogP contribution in [0.4, 0.5) is 0 Å². The average molecular weight is 303 g/mol. The second-order valence-corrected chi connectivity index (χ2v) is 7.09. The summed E-state index contributed by atoms with van der Waals surface area (Å²) in [6.45, 7) is 6.44. The third-order valence-electron chi connectivity index (χ3n) is 2.82. The maximum absolute atomic E-state index is 3.56. The molecule has 1 fully saturated rings. The van der Waals surface area contributed by atoms with E-state index < -0.39 is 0 Å². The van der Waals surface area contributed by atoms with Crippen LogP contribution in [-0.4, -0.2) is 18.6 Å². The van der Waals surface area contributed by atoms with Gasteiger partial charge in [-0.25, -0.2) is 0 Å². The minimum absolute atomic E-state index is 0.543. The fraction of sp³-hybridized carbons (Fsp3) is 0.667. The van der Waals surface area contributed by atoms with Gasteiger partial charge in [0, 0.05) is 30.1 Å². The number of aryl methyl sites for hydroxylation is 1. The molecule has 1 aromatic heterocycles. The van der Waals surface area contributed by atoms with Crippen LogP contribution in [0.2, 0.25) is 0 Å². The summed E-state index contributed by atoms with van der Waals surface area (Å²) in [5, 5.41) is 7.09. The highest BCUT2D eigenvalue weighted by atomic mass is 79.9. The summed E-state index contributed by atoms with van der Waals surface area (Å²) >= 11 is 5.39. The Morgan fingerprint density at radius 3 is 2.88 bits per heavy atom. The Bertz CT molecular complexity index is 327. The van der Waals surface area contributed by atoms with Gasteiger partial charge in [-0.2, -0.15) is 0 Å². The lowest BCUT2D eigenvalue weighted by molar-refractivity contribution is 0.502. The van der Waals surface area contributed by atoms with Crippen LogP contribution in [0.3, 0.4) is 0 Å². The zero-order chi connectivity index (χ0) is 11.5. The molecule has 0 bridgehead atoms. The lowest BCUT2D eigenvalue weighted by atomic mass is 10.3. The molecule has 1 heterocycles. The average Bonchev–Trinajstić information content (AvgIpc) is 3.01. The van der Waals surface area contributed by atoms with Gasteiger partial charge in [0.2, 0.25) is 0 Å². The van der Waals surface area contributed by atoms with Crippen molar-refractivity contribution in [3.63, 3.8) is 0 Å². The molecule has 0 aromatic carbocycles. The van der Waals surface area contributed by atoms with Crippen molar-refractivity contribution in [3.8, 4) is 0 Å². The second-order valence-electron chi connectivity index (χ2n) is 4.63. The number of thiophene rings is 1. The van der Waals surface area contributed by atoms with E-state index in [2.05, 4.69) is 46.5 Å². The van der Waals surface area contributed by atoms with Crippen molar-refractivity contribution < 1.29 is 0 Å². The molecule has 1 saturated carbocycles. The van der Waals surface area contributed by atoms with E-state index in [1.165, 1.54) is 27.1 Å². The summed E-state index contributed by atoms with van der Waals surface area (Å²) in [4.78, 5) is 1.41. The molecule has 0 saturated heterocycles. The molecule has 4 heteroatoms. The molecule has 1 atom stereocenters. The molecule has 16 heavy (non-hydrogen) atoms. The van der Waals surface area contributed by atoms with E-state index in [0.717, 1.165) is 19.1 Å². The van der Waals surface area contributed by atoms with Crippen molar-refractivity contribution in [1.29, 1.82) is 0 Å². The fourth-order valence-corrected chi connectivity index (χ4v) is 3.17. The lowest BCUT2D eigenvalue weighted by Crippen LogP contribution is -2.36.